The Morgan fingerprint density at radius 1 is 0.800 bits per heavy atom. The number of carbonyl (C=O) groups is 3. The molecule has 0 atom stereocenters. The van der Waals surface area contributed by atoms with Gasteiger partial charge >= 0.3 is 18.1 Å². The van der Waals surface area contributed by atoms with Gasteiger partial charge in [0.1, 0.15) is 0 Å². The number of aliphatic carboxylic acids is 1. The minimum Gasteiger partial charge on any atom is -0.478 e. The molecule has 35 heavy (non-hydrogen) atoms. The quantitative estimate of drug-likeness (QED) is 0.326. The van der Waals surface area contributed by atoms with Crippen LogP contribution in [0.4, 0.5) is 18.9 Å². The van der Waals surface area contributed by atoms with Crippen LogP contribution in [-0.4, -0.2) is 39.2 Å². The van der Waals surface area contributed by atoms with Crippen LogP contribution in [0.1, 0.15) is 27.0 Å². The van der Waals surface area contributed by atoms with E-state index in [2.05, 4.69) is 10.3 Å². The number of nitrogens with one attached hydrogen (secondary N) is 1. The highest BCUT2D eigenvalue weighted by atomic mass is 19.4. The van der Waals surface area contributed by atoms with E-state index < -0.39 is 24.0 Å². The van der Waals surface area contributed by atoms with Crippen molar-refractivity contribution in [3.63, 3.8) is 0 Å². The molecule has 3 rings (SSSR count). The molecule has 0 saturated heterocycles. The molecular weight excluding hydrogens is 465 g/mol. The molecule has 0 aliphatic rings. The van der Waals surface area contributed by atoms with E-state index in [1.807, 2.05) is 42.5 Å². The maximum atomic E-state index is 12.2. The Hall–Kier alpha value is -4.73. The van der Waals surface area contributed by atoms with Gasteiger partial charge in [0.05, 0.1) is 11.3 Å². The van der Waals surface area contributed by atoms with Gasteiger partial charge in [0, 0.05) is 18.5 Å². The number of benzene rings is 2. The Morgan fingerprint density at radius 3 is 1.94 bits per heavy atom. The Kier molecular flexibility index (Phi) is 9.47. The summed E-state index contributed by atoms with van der Waals surface area (Å²) in [6.07, 6.45) is 4.95. The summed E-state index contributed by atoms with van der Waals surface area (Å²) in [6, 6.07) is 18.1. The van der Waals surface area contributed by atoms with Crippen molar-refractivity contribution < 1.29 is 37.8 Å². The Balaban J connectivity index is 0.000000540. The van der Waals surface area contributed by atoms with Crippen molar-refractivity contribution in [3.8, 4) is 0 Å². The van der Waals surface area contributed by atoms with Crippen LogP contribution in [-0.2, 0) is 9.59 Å². The van der Waals surface area contributed by atoms with E-state index in [1.165, 1.54) is 12.1 Å². The van der Waals surface area contributed by atoms with Crippen molar-refractivity contribution in [2.24, 2.45) is 0 Å². The fourth-order valence-corrected chi connectivity index (χ4v) is 2.53. The zero-order valence-electron chi connectivity index (χ0n) is 17.9. The van der Waals surface area contributed by atoms with Crippen molar-refractivity contribution in [3.05, 3.63) is 101 Å². The van der Waals surface area contributed by atoms with Crippen molar-refractivity contribution >= 4 is 41.8 Å². The van der Waals surface area contributed by atoms with E-state index in [4.69, 9.17) is 9.90 Å². The first-order valence-corrected chi connectivity index (χ1v) is 9.86. The number of alkyl halides is 3. The van der Waals surface area contributed by atoms with Gasteiger partial charge in [-0.3, -0.25) is 9.78 Å². The Labute approximate surface area is 197 Å². The molecular formula is C25H19F3N2O5. The Bertz CT molecular complexity index is 1220. The highest BCUT2D eigenvalue weighted by Crippen LogP contribution is 2.20. The van der Waals surface area contributed by atoms with Gasteiger partial charge in [0.2, 0.25) is 5.91 Å². The number of nitrogens with zero attached hydrogens (tertiary/aromatic N) is 1. The zero-order valence-corrected chi connectivity index (χ0v) is 17.9. The van der Waals surface area contributed by atoms with Gasteiger partial charge in [-0.15, -0.1) is 0 Å². The lowest BCUT2D eigenvalue weighted by molar-refractivity contribution is -0.192. The molecule has 10 heteroatoms. The van der Waals surface area contributed by atoms with E-state index in [0.29, 0.717) is 0 Å². The number of rotatable bonds is 6. The molecule has 0 unspecified atom stereocenters. The predicted octanol–water partition coefficient (Wildman–Crippen LogP) is 5.24. The largest absolute Gasteiger partial charge is 0.490 e. The third kappa shape index (κ3) is 9.34. The third-order valence-electron chi connectivity index (χ3n) is 4.18. The monoisotopic (exact) mass is 484 g/mol. The van der Waals surface area contributed by atoms with Crippen LogP contribution in [0.5, 0.6) is 0 Å². The van der Waals surface area contributed by atoms with Crippen LogP contribution in [0.15, 0.2) is 79.1 Å². The number of anilines is 1. The molecule has 1 amide bonds. The molecule has 1 heterocycles. The second-order valence-electron chi connectivity index (χ2n) is 6.76. The van der Waals surface area contributed by atoms with E-state index in [1.54, 1.807) is 42.7 Å². The van der Waals surface area contributed by atoms with Gasteiger partial charge in [-0.25, -0.2) is 9.59 Å². The average molecular weight is 484 g/mol. The molecule has 0 aliphatic carbocycles. The molecule has 0 radical (unpaired) electrons. The number of hydrogen-bond acceptors (Lipinski definition) is 4. The maximum Gasteiger partial charge on any atom is 0.490 e. The van der Waals surface area contributed by atoms with E-state index in [-0.39, 0.29) is 11.3 Å². The van der Waals surface area contributed by atoms with Crippen LogP contribution >= 0.6 is 0 Å². The molecule has 0 aliphatic heterocycles. The number of carboxylic acids is 2. The van der Waals surface area contributed by atoms with E-state index in [9.17, 15) is 27.9 Å². The molecule has 7 nitrogen and oxygen atoms in total. The number of carbonyl (C=O) groups excluding carboxylic acids is 1. The zero-order chi connectivity index (χ0) is 25.8. The normalized spacial score (nSPS) is 11.1. The predicted molar refractivity (Wildman–Crippen MR) is 124 cm³/mol. The summed E-state index contributed by atoms with van der Waals surface area (Å²) in [7, 11) is 0. The summed E-state index contributed by atoms with van der Waals surface area (Å²) in [5.41, 5.74) is 2.90. The SMILES string of the molecule is O=C(/C=C/c1ccncc1)Nc1cc(C=Cc2ccccc2)ccc1C(=O)O.O=C(O)C(F)(F)F. The molecule has 180 valence electrons. The summed E-state index contributed by atoms with van der Waals surface area (Å²) in [6.45, 7) is 0. The van der Waals surface area contributed by atoms with Crippen LogP contribution in [0, 0.1) is 0 Å². The van der Waals surface area contributed by atoms with Crippen LogP contribution in [0.2, 0.25) is 0 Å². The van der Waals surface area contributed by atoms with Crippen molar-refractivity contribution in [2.75, 3.05) is 5.32 Å². The lowest BCUT2D eigenvalue weighted by Gasteiger charge is -2.08. The molecule has 3 N–H and O–H groups in total. The molecule has 0 bridgehead atoms. The number of halogens is 3. The van der Waals surface area contributed by atoms with Gasteiger partial charge in [-0.1, -0.05) is 48.6 Å². The highest BCUT2D eigenvalue weighted by molar-refractivity contribution is 6.06. The summed E-state index contributed by atoms with van der Waals surface area (Å²) in [4.78, 5) is 36.5. The molecule has 2 aromatic carbocycles. The smallest absolute Gasteiger partial charge is 0.478 e. The third-order valence-corrected chi connectivity index (χ3v) is 4.18. The van der Waals surface area contributed by atoms with E-state index >= 15 is 0 Å². The number of pyridine rings is 1. The van der Waals surface area contributed by atoms with Crippen molar-refractivity contribution in [2.45, 2.75) is 6.18 Å². The summed E-state index contributed by atoms with van der Waals surface area (Å²) < 4.78 is 31.7. The van der Waals surface area contributed by atoms with Gasteiger partial charge in [0.25, 0.3) is 0 Å². The first-order valence-electron chi connectivity index (χ1n) is 9.86. The van der Waals surface area contributed by atoms with Gasteiger partial charge in [-0.2, -0.15) is 13.2 Å². The molecule has 0 fully saturated rings. The summed E-state index contributed by atoms with van der Waals surface area (Å²) in [5.74, 6) is -4.27. The fourth-order valence-electron chi connectivity index (χ4n) is 2.53. The number of aromatic carboxylic acids is 1. The second kappa shape index (κ2) is 12.5. The molecule has 0 saturated carbocycles. The minimum atomic E-state index is -5.08. The average Bonchev–Trinajstić information content (AvgIpc) is 2.82. The number of hydrogen-bond donors (Lipinski definition) is 3. The number of amides is 1. The summed E-state index contributed by atoms with van der Waals surface area (Å²) >= 11 is 0. The number of aromatic nitrogens is 1. The topological polar surface area (TPSA) is 117 Å². The standard InChI is InChI=1S/C23H18N2O3.C2HF3O2/c26-22(11-9-18-12-14-24-15-13-18)25-21-16-19(8-10-20(21)23(27)28)7-6-17-4-2-1-3-5-17;3-2(4,5)1(6)7/h1-16H,(H,25,26)(H,27,28);(H,6,7)/b7-6?,11-9+;. The lowest BCUT2D eigenvalue weighted by Crippen LogP contribution is -2.21. The van der Waals surface area contributed by atoms with Crippen LogP contribution in [0.3, 0.4) is 0 Å². The maximum absolute atomic E-state index is 12.2. The molecule has 1 aromatic heterocycles. The van der Waals surface area contributed by atoms with Crippen molar-refractivity contribution in [1.82, 2.24) is 4.98 Å². The fraction of sp³-hybridized carbons (Fsp3) is 0.0400. The van der Waals surface area contributed by atoms with Crippen molar-refractivity contribution in [1.29, 1.82) is 0 Å². The van der Waals surface area contributed by atoms with E-state index in [0.717, 1.165) is 16.7 Å². The molecule has 0 spiro atoms. The molecule has 3 aromatic rings. The van der Waals surface area contributed by atoms with Gasteiger partial charge in [0.15, 0.2) is 0 Å². The highest BCUT2D eigenvalue weighted by Gasteiger charge is 2.38. The first kappa shape index (κ1) is 26.5. The minimum absolute atomic E-state index is 0.0301. The Morgan fingerprint density at radius 2 is 1.37 bits per heavy atom. The van der Waals surface area contributed by atoms with Crippen LogP contribution < -0.4 is 5.32 Å². The second-order valence-corrected chi connectivity index (χ2v) is 6.76. The summed E-state index contributed by atoms with van der Waals surface area (Å²) in [5, 5.41) is 19.2. The van der Waals surface area contributed by atoms with Crippen LogP contribution in [0.25, 0.3) is 18.2 Å². The number of carboxylic acid groups (broad SMARTS) is 2. The van der Waals surface area contributed by atoms with Gasteiger partial charge in [-0.05, 0) is 47.0 Å². The van der Waals surface area contributed by atoms with Gasteiger partial charge < -0.3 is 15.5 Å². The first-order chi connectivity index (χ1) is 16.6. The lowest BCUT2D eigenvalue weighted by atomic mass is 10.1.